The Morgan fingerprint density at radius 3 is 2.79 bits per heavy atom. The van der Waals surface area contributed by atoms with Crippen molar-refractivity contribution in [1.82, 2.24) is 9.88 Å². The van der Waals surface area contributed by atoms with Gasteiger partial charge in [0.25, 0.3) is 0 Å². The summed E-state index contributed by atoms with van der Waals surface area (Å²) in [6.45, 7) is 1.82. The van der Waals surface area contributed by atoms with Crippen molar-refractivity contribution in [1.29, 1.82) is 0 Å². The second kappa shape index (κ2) is 3.63. The molecule has 0 radical (unpaired) electrons. The molecule has 14 heavy (non-hydrogen) atoms. The highest BCUT2D eigenvalue weighted by Gasteiger charge is 2.29. The highest BCUT2D eigenvalue weighted by molar-refractivity contribution is 5.20. The molecule has 1 aliphatic heterocycles. The molecule has 3 nitrogen and oxygen atoms in total. The van der Waals surface area contributed by atoms with E-state index in [0.717, 1.165) is 18.7 Å². The van der Waals surface area contributed by atoms with Crippen LogP contribution in [0.5, 0.6) is 0 Å². The molecule has 0 aliphatic carbocycles. The molecule has 0 unspecified atom stereocenters. The van der Waals surface area contributed by atoms with Gasteiger partial charge in [-0.3, -0.25) is 0 Å². The minimum absolute atomic E-state index is 0.132. The first kappa shape index (κ1) is 9.55. The van der Waals surface area contributed by atoms with Crippen LogP contribution in [0.2, 0.25) is 0 Å². The fourth-order valence-electron chi connectivity index (χ4n) is 1.99. The summed E-state index contributed by atoms with van der Waals surface area (Å²) in [6, 6.07) is 3.29. The van der Waals surface area contributed by atoms with Gasteiger partial charge in [0, 0.05) is 31.2 Å². The normalized spacial score (nSPS) is 28.2. The van der Waals surface area contributed by atoms with Crippen LogP contribution in [0.1, 0.15) is 11.5 Å². The van der Waals surface area contributed by atoms with Crippen molar-refractivity contribution >= 4 is 0 Å². The van der Waals surface area contributed by atoms with Gasteiger partial charge in [-0.1, -0.05) is 6.07 Å². The maximum Gasteiger partial charge on any atom is 0.212 e. The van der Waals surface area contributed by atoms with Gasteiger partial charge in [-0.15, -0.1) is 0 Å². The third-order valence-corrected chi connectivity index (χ3v) is 2.73. The van der Waals surface area contributed by atoms with Crippen molar-refractivity contribution in [3.8, 4) is 0 Å². The first-order valence-corrected chi connectivity index (χ1v) is 4.72. The smallest absolute Gasteiger partial charge is 0.212 e. The van der Waals surface area contributed by atoms with E-state index in [9.17, 15) is 4.39 Å². The Balaban J connectivity index is 2.19. The quantitative estimate of drug-likeness (QED) is 0.666. The Hall–Kier alpha value is -1.00. The average molecular weight is 195 g/mol. The first-order chi connectivity index (χ1) is 6.66. The molecule has 2 atom stereocenters. The molecular formula is C10H14FN3. The lowest BCUT2D eigenvalue weighted by molar-refractivity contribution is 0.407. The lowest BCUT2D eigenvalue weighted by Gasteiger charge is -2.13. The van der Waals surface area contributed by atoms with Crippen molar-refractivity contribution < 1.29 is 4.39 Å². The predicted octanol–water partition coefficient (Wildman–Crippen LogP) is 0.577. The van der Waals surface area contributed by atoms with E-state index in [0.29, 0.717) is 0 Å². The second-order valence-corrected chi connectivity index (χ2v) is 3.91. The molecule has 1 aromatic rings. The van der Waals surface area contributed by atoms with E-state index in [4.69, 9.17) is 5.73 Å². The SMILES string of the molecule is CN1C[C@@H](N)[C@H](c2ccc(F)nc2)C1. The zero-order valence-electron chi connectivity index (χ0n) is 8.15. The van der Waals surface area contributed by atoms with Gasteiger partial charge >= 0.3 is 0 Å². The lowest BCUT2D eigenvalue weighted by atomic mass is 9.97. The monoisotopic (exact) mass is 195 g/mol. The molecule has 2 heterocycles. The van der Waals surface area contributed by atoms with Crippen LogP contribution < -0.4 is 5.73 Å². The number of pyridine rings is 1. The van der Waals surface area contributed by atoms with Crippen LogP contribution in [-0.2, 0) is 0 Å². The van der Waals surface area contributed by atoms with Crippen LogP contribution >= 0.6 is 0 Å². The maximum absolute atomic E-state index is 12.6. The van der Waals surface area contributed by atoms with Gasteiger partial charge in [0.2, 0.25) is 5.95 Å². The van der Waals surface area contributed by atoms with Crippen LogP contribution in [0, 0.1) is 5.95 Å². The molecule has 4 heteroatoms. The molecular weight excluding hydrogens is 181 g/mol. The highest BCUT2D eigenvalue weighted by atomic mass is 19.1. The van der Waals surface area contributed by atoms with E-state index in [1.807, 2.05) is 7.05 Å². The minimum Gasteiger partial charge on any atom is -0.326 e. The summed E-state index contributed by atoms with van der Waals surface area (Å²) in [5.41, 5.74) is 7.01. The van der Waals surface area contributed by atoms with Crippen molar-refractivity contribution in [3.63, 3.8) is 0 Å². The Morgan fingerprint density at radius 2 is 2.29 bits per heavy atom. The van der Waals surface area contributed by atoms with Gasteiger partial charge in [-0.25, -0.2) is 4.98 Å². The highest BCUT2D eigenvalue weighted by Crippen LogP contribution is 2.24. The van der Waals surface area contributed by atoms with Gasteiger partial charge in [0.05, 0.1) is 0 Å². The fourth-order valence-corrected chi connectivity index (χ4v) is 1.99. The number of hydrogen-bond acceptors (Lipinski definition) is 3. The third kappa shape index (κ3) is 1.76. The Labute approximate surface area is 82.7 Å². The summed E-state index contributed by atoms with van der Waals surface area (Å²) in [7, 11) is 2.04. The summed E-state index contributed by atoms with van der Waals surface area (Å²) in [5.74, 6) is -0.151. The Bertz CT molecular complexity index is 312. The van der Waals surface area contributed by atoms with Crippen molar-refractivity contribution in [3.05, 3.63) is 29.8 Å². The van der Waals surface area contributed by atoms with Crippen LogP contribution in [0.25, 0.3) is 0 Å². The molecule has 1 aliphatic rings. The van der Waals surface area contributed by atoms with Gasteiger partial charge in [-0.2, -0.15) is 4.39 Å². The van der Waals surface area contributed by atoms with Gasteiger partial charge in [0.15, 0.2) is 0 Å². The zero-order valence-corrected chi connectivity index (χ0v) is 8.15. The van der Waals surface area contributed by atoms with Gasteiger partial charge < -0.3 is 10.6 Å². The number of likely N-dealkylation sites (tertiary alicyclic amines) is 1. The van der Waals surface area contributed by atoms with E-state index in [2.05, 4.69) is 9.88 Å². The average Bonchev–Trinajstić information content (AvgIpc) is 2.47. The topological polar surface area (TPSA) is 42.1 Å². The number of hydrogen-bond donors (Lipinski definition) is 1. The number of rotatable bonds is 1. The van der Waals surface area contributed by atoms with Crippen molar-refractivity contribution in [2.45, 2.75) is 12.0 Å². The van der Waals surface area contributed by atoms with E-state index < -0.39 is 5.95 Å². The number of aromatic nitrogens is 1. The largest absolute Gasteiger partial charge is 0.326 e. The molecule has 2 rings (SSSR count). The molecule has 76 valence electrons. The molecule has 1 saturated heterocycles. The molecule has 0 bridgehead atoms. The number of halogens is 1. The Morgan fingerprint density at radius 1 is 1.50 bits per heavy atom. The van der Waals surface area contributed by atoms with Crippen LogP contribution in [0.3, 0.4) is 0 Å². The number of nitrogens with zero attached hydrogens (tertiary/aromatic N) is 2. The van der Waals surface area contributed by atoms with E-state index in [1.165, 1.54) is 6.07 Å². The maximum atomic E-state index is 12.6. The lowest BCUT2D eigenvalue weighted by Crippen LogP contribution is -2.27. The van der Waals surface area contributed by atoms with Crippen molar-refractivity contribution in [2.75, 3.05) is 20.1 Å². The molecule has 0 saturated carbocycles. The third-order valence-electron chi connectivity index (χ3n) is 2.73. The summed E-state index contributed by atoms with van der Waals surface area (Å²) in [6.07, 6.45) is 1.58. The first-order valence-electron chi connectivity index (χ1n) is 4.72. The summed E-state index contributed by atoms with van der Waals surface area (Å²) in [5, 5.41) is 0. The van der Waals surface area contributed by atoms with Gasteiger partial charge in [0.1, 0.15) is 0 Å². The van der Waals surface area contributed by atoms with Crippen LogP contribution in [0.15, 0.2) is 18.3 Å². The zero-order chi connectivity index (χ0) is 10.1. The van der Waals surface area contributed by atoms with Crippen LogP contribution in [-0.4, -0.2) is 36.1 Å². The molecule has 2 N–H and O–H groups in total. The Kier molecular flexibility index (Phi) is 2.48. The minimum atomic E-state index is -0.436. The molecule has 0 aromatic carbocycles. The van der Waals surface area contributed by atoms with E-state index in [-0.39, 0.29) is 12.0 Å². The summed E-state index contributed by atoms with van der Waals surface area (Å²) >= 11 is 0. The van der Waals surface area contributed by atoms with Gasteiger partial charge in [-0.05, 0) is 18.7 Å². The molecule has 0 spiro atoms. The summed E-state index contributed by atoms with van der Waals surface area (Å²) in [4.78, 5) is 5.82. The predicted molar refractivity (Wildman–Crippen MR) is 52.4 cm³/mol. The van der Waals surface area contributed by atoms with E-state index >= 15 is 0 Å². The molecule has 1 aromatic heterocycles. The molecule has 0 amide bonds. The van der Waals surface area contributed by atoms with Crippen LogP contribution in [0.4, 0.5) is 4.39 Å². The standard InChI is InChI=1S/C10H14FN3/c1-14-5-8(9(12)6-14)7-2-3-10(11)13-4-7/h2-4,8-9H,5-6,12H2,1H3/t8-,9+/m0/s1. The fraction of sp³-hybridized carbons (Fsp3) is 0.500. The molecule has 1 fully saturated rings. The number of nitrogens with two attached hydrogens (primary N) is 1. The number of likely N-dealkylation sites (N-methyl/N-ethyl adjacent to an activating group) is 1. The summed E-state index contributed by atoms with van der Waals surface area (Å²) < 4.78 is 12.6. The van der Waals surface area contributed by atoms with E-state index in [1.54, 1.807) is 12.3 Å². The second-order valence-electron chi connectivity index (χ2n) is 3.91. The van der Waals surface area contributed by atoms with Crippen molar-refractivity contribution in [2.24, 2.45) is 5.73 Å².